The van der Waals surface area contributed by atoms with Crippen molar-refractivity contribution in [2.75, 3.05) is 7.11 Å². The number of benzene rings is 1. The minimum Gasteiger partial charge on any atom is -0.497 e. The second-order valence-corrected chi connectivity index (χ2v) is 4.29. The molecule has 5 heteroatoms. The summed E-state index contributed by atoms with van der Waals surface area (Å²) in [6, 6.07) is 7.44. The molecule has 1 aromatic heterocycles. The van der Waals surface area contributed by atoms with Crippen molar-refractivity contribution in [2.45, 2.75) is 19.4 Å². The zero-order valence-electron chi connectivity index (χ0n) is 10.1. The van der Waals surface area contributed by atoms with E-state index >= 15 is 0 Å². The minimum atomic E-state index is -0.993. The van der Waals surface area contributed by atoms with Crippen LogP contribution in [0.2, 0.25) is 0 Å². The van der Waals surface area contributed by atoms with E-state index in [0.717, 1.165) is 11.4 Å². The quantitative estimate of drug-likeness (QED) is 0.872. The average molecular weight is 233 g/mol. The van der Waals surface area contributed by atoms with E-state index in [0.29, 0.717) is 5.69 Å². The first kappa shape index (κ1) is 11.6. The van der Waals surface area contributed by atoms with E-state index in [1.165, 1.54) is 0 Å². The highest BCUT2D eigenvalue weighted by Crippen LogP contribution is 2.23. The van der Waals surface area contributed by atoms with Gasteiger partial charge in [-0.25, -0.2) is 4.68 Å². The molecule has 5 nitrogen and oxygen atoms in total. The topological polar surface area (TPSA) is 60.2 Å². The number of nitrogens with zero attached hydrogens (tertiary/aromatic N) is 3. The van der Waals surface area contributed by atoms with Gasteiger partial charge in [0, 0.05) is 6.07 Å². The number of aromatic nitrogens is 3. The molecule has 0 atom stereocenters. The molecule has 0 aliphatic rings. The summed E-state index contributed by atoms with van der Waals surface area (Å²) >= 11 is 0. The van der Waals surface area contributed by atoms with Crippen LogP contribution < -0.4 is 4.74 Å². The molecule has 0 aliphatic carbocycles. The average Bonchev–Trinajstić information content (AvgIpc) is 2.77. The summed E-state index contributed by atoms with van der Waals surface area (Å²) in [5.41, 5.74) is 0.441. The van der Waals surface area contributed by atoms with Crippen LogP contribution in [0.3, 0.4) is 0 Å². The Morgan fingerprint density at radius 1 is 1.35 bits per heavy atom. The third-order valence-electron chi connectivity index (χ3n) is 2.47. The van der Waals surface area contributed by atoms with Crippen LogP contribution in [0.5, 0.6) is 5.75 Å². The first-order valence-electron chi connectivity index (χ1n) is 5.30. The van der Waals surface area contributed by atoms with Crippen molar-refractivity contribution in [1.82, 2.24) is 15.0 Å². The van der Waals surface area contributed by atoms with Crippen LogP contribution in [-0.2, 0) is 5.60 Å². The molecule has 0 bridgehead atoms. The van der Waals surface area contributed by atoms with Crippen LogP contribution in [0.1, 0.15) is 19.5 Å². The van der Waals surface area contributed by atoms with Gasteiger partial charge in [-0.1, -0.05) is 11.3 Å². The first-order chi connectivity index (χ1) is 8.02. The van der Waals surface area contributed by atoms with E-state index in [9.17, 15) is 5.11 Å². The van der Waals surface area contributed by atoms with Crippen molar-refractivity contribution < 1.29 is 9.84 Å². The van der Waals surface area contributed by atoms with E-state index in [4.69, 9.17) is 4.74 Å². The third kappa shape index (κ3) is 2.29. The maximum absolute atomic E-state index is 10.0. The molecule has 0 saturated carbocycles. The smallest absolute Gasteiger partial charge is 0.121 e. The summed E-state index contributed by atoms with van der Waals surface area (Å²) in [6.07, 6.45) is 1.56. The van der Waals surface area contributed by atoms with Crippen LogP contribution in [-0.4, -0.2) is 27.2 Å². The van der Waals surface area contributed by atoms with Crippen LogP contribution >= 0.6 is 0 Å². The molecular formula is C12H15N3O2. The highest BCUT2D eigenvalue weighted by molar-refractivity contribution is 5.39. The summed E-state index contributed by atoms with van der Waals surface area (Å²) < 4.78 is 6.75. The molecule has 2 rings (SSSR count). The van der Waals surface area contributed by atoms with Crippen molar-refractivity contribution in [3.63, 3.8) is 0 Å². The Kier molecular flexibility index (Phi) is 2.85. The molecule has 90 valence electrons. The third-order valence-corrected chi connectivity index (χ3v) is 2.47. The largest absolute Gasteiger partial charge is 0.497 e. The van der Waals surface area contributed by atoms with Crippen LogP contribution in [0.15, 0.2) is 30.5 Å². The van der Waals surface area contributed by atoms with Gasteiger partial charge in [0.2, 0.25) is 0 Å². The van der Waals surface area contributed by atoms with Gasteiger partial charge in [-0.15, -0.1) is 5.10 Å². The maximum Gasteiger partial charge on any atom is 0.121 e. The lowest BCUT2D eigenvalue weighted by Crippen LogP contribution is -2.20. The van der Waals surface area contributed by atoms with E-state index in [1.54, 1.807) is 31.8 Å². The number of methoxy groups -OCH3 is 1. The number of ether oxygens (including phenoxy) is 1. The van der Waals surface area contributed by atoms with Crippen molar-refractivity contribution in [2.24, 2.45) is 0 Å². The highest BCUT2D eigenvalue weighted by Gasteiger charge is 2.22. The molecule has 1 heterocycles. The number of aliphatic hydroxyl groups is 1. The number of hydrogen-bond acceptors (Lipinski definition) is 4. The van der Waals surface area contributed by atoms with Gasteiger partial charge in [0.05, 0.1) is 24.7 Å². The van der Waals surface area contributed by atoms with Crippen molar-refractivity contribution in [3.05, 3.63) is 36.2 Å². The fourth-order valence-electron chi connectivity index (χ4n) is 1.59. The molecule has 17 heavy (non-hydrogen) atoms. The lowest BCUT2D eigenvalue weighted by atomic mass is 10.1. The second kappa shape index (κ2) is 4.18. The van der Waals surface area contributed by atoms with E-state index in [2.05, 4.69) is 10.3 Å². The van der Waals surface area contributed by atoms with Gasteiger partial charge in [-0.2, -0.15) is 0 Å². The lowest BCUT2D eigenvalue weighted by Gasteiger charge is -2.18. The van der Waals surface area contributed by atoms with Crippen LogP contribution in [0, 0.1) is 0 Å². The molecule has 0 fully saturated rings. The Labute approximate surface area is 99.7 Å². The standard InChI is InChI=1S/C12H15N3O2/c1-12(2,16)11-8-13-14-15(11)9-5-4-6-10(7-9)17-3/h4-8,16H,1-3H3. The van der Waals surface area contributed by atoms with Gasteiger partial charge in [0.1, 0.15) is 11.4 Å². The fraction of sp³-hybridized carbons (Fsp3) is 0.333. The molecule has 2 aromatic rings. The predicted molar refractivity (Wildman–Crippen MR) is 63.2 cm³/mol. The Morgan fingerprint density at radius 2 is 2.12 bits per heavy atom. The molecule has 0 radical (unpaired) electrons. The molecule has 1 aromatic carbocycles. The molecule has 1 N–H and O–H groups in total. The van der Waals surface area contributed by atoms with E-state index < -0.39 is 5.60 Å². The number of rotatable bonds is 3. The predicted octanol–water partition coefficient (Wildman–Crippen LogP) is 1.50. The van der Waals surface area contributed by atoms with Crippen molar-refractivity contribution in [3.8, 4) is 11.4 Å². The Balaban J connectivity index is 2.50. The van der Waals surface area contributed by atoms with Crippen molar-refractivity contribution >= 4 is 0 Å². The fourth-order valence-corrected chi connectivity index (χ4v) is 1.59. The van der Waals surface area contributed by atoms with Crippen LogP contribution in [0.4, 0.5) is 0 Å². The molecule has 0 unspecified atom stereocenters. The molecule has 0 saturated heterocycles. The summed E-state index contributed by atoms with van der Waals surface area (Å²) in [5.74, 6) is 0.736. The molecular weight excluding hydrogens is 218 g/mol. The number of hydrogen-bond donors (Lipinski definition) is 1. The Bertz CT molecular complexity index is 514. The minimum absolute atomic E-state index is 0.630. The van der Waals surface area contributed by atoms with Gasteiger partial charge in [0.25, 0.3) is 0 Å². The zero-order valence-corrected chi connectivity index (χ0v) is 10.1. The second-order valence-electron chi connectivity index (χ2n) is 4.29. The first-order valence-corrected chi connectivity index (χ1v) is 5.30. The van der Waals surface area contributed by atoms with Crippen LogP contribution in [0.25, 0.3) is 5.69 Å². The zero-order chi connectivity index (χ0) is 12.5. The van der Waals surface area contributed by atoms with Gasteiger partial charge >= 0.3 is 0 Å². The van der Waals surface area contributed by atoms with Gasteiger partial charge in [-0.3, -0.25) is 0 Å². The van der Waals surface area contributed by atoms with E-state index in [1.807, 2.05) is 24.3 Å². The molecule has 0 aliphatic heterocycles. The summed E-state index contributed by atoms with van der Waals surface area (Å²) in [5, 5.41) is 17.8. The SMILES string of the molecule is COc1cccc(-n2nncc2C(C)(C)O)c1. The summed E-state index contributed by atoms with van der Waals surface area (Å²) in [4.78, 5) is 0. The Morgan fingerprint density at radius 3 is 2.76 bits per heavy atom. The normalized spacial score (nSPS) is 11.5. The van der Waals surface area contributed by atoms with Gasteiger partial charge in [-0.05, 0) is 26.0 Å². The summed E-state index contributed by atoms with van der Waals surface area (Å²) in [6.45, 7) is 3.39. The van der Waals surface area contributed by atoms with Gasteiger partial charge in [0.15, 0.2) is 0 Å². The van der Waals surface area contributed by atoms with E-state index in [-0.39, 0.29) is 0 Å². The molecule has 0 spiro atoms. The maximum atomic E-state index is 10.0. The monoisotopic (exact) mass is 233 g/mol. The molecule has 0 amide bonds. The van der Waals surface area contributed by atoms with Gasteiger partial charge < -0.3 is 9.84 Å². The lowest BCUT2D eigenvalue weighted by molar-refractivity contribution is 0.0711. The summed E-state index contributed by atoms with van der Waals surface area (Å²) in [7, 11) is 1.61. The van der Waals surface area contributed by atoms with Crippen molar-refractivity contribution in [1.29, 1.82) is 0 Å². The highest BCUT2D eigenvalue weighted by atomic mass is 16.5. The Hall–Kier alpha value is -1.88.